The molecule has 0 saturated heterocycles. The summed E-state index contributed by atoms with van der Waals surface area (Å²) < 4.78 is 9.65. The van der Waals surface area contributed by atoms with Crippen molar-refractivity contribution in [1.82, 2.24) is 10.3 Å². The molecule has 0 aliphatic heterocycles. The van der Waals surface area contributed by atoms with Crippen LogP contribution in [0.4, 0.5) is 0 Å². The first-order valence-corrected chi connectivity index (χ1v) is 6.05. The van der Waals surface area contributed by atoms with E-state index in [1.165, 1.54) is 0 Å². The fourth-order valence-corrected chi connectivity index (χ4v) is 1.35. The van der Waals surface area contributed by atoms with Crippen LogP contribution in [0.25, 0.3) is 0 Å². The van der Waals surface area contributed by atoms with Gasteiger partial charge in [0.1, 0.15) is 11.5 Å². The Morgan fingerprint density at radius 2 is 1.68 bits per heavy atom. The monoisotopic (exact) mass is 265 g/mol. The van der Waals surface area contributed by atoms with Gasteiger partial charge < -0.3 is 19.6 Å². The van der Waals surface area contributed by atoms with Gasteiger partial charge in [0, 0.05) is 25.0 Å². The van der Waals surface area contributed by atoms with Crippen molar-refractivity contribution in [3.05, 3.63) is 35.0 Å². The van der Waals surface area contributed by atoms with E-state index in [1.807, 2.05) is 26.0 Å². The molecule has 2 aromatic heterocycles. The number of carbonyl (C=O) groups excluding carboxylic acids is 1. The minimum atomic E-state index is 0.180. The maximum absolute atomic E-state index is 10.6. The summed E-state index contributed by atoms with van der Waals surface area (Å²) in [6.45, 7) is 5.73. The lowest BCUT2D eigenvalue weighted by Gasteiger charge is -1.88. The van der Waals surface area contributed by atoms with Crippen LogP contribution in [0.3, 0.4) is 0 Å². The number of hydrogen-bond donors (Lipinski definition) is 1. The summed E-state index contributed by atoms with van der Waals surface area (Å²) in [6, 6.07) is 3.67. The lowest BCUT2D eigenvalue weighted by atomic mass is 10.2. The molecule has 0 unspecified atom stereocenters. The topological polar surface area (TPSA) is 95.2 Å². The molecule has 0 fully saturated rings. The van der Waals surface area contributed by atoms with E-state index in [4.69, 9.17) is 14.8 Å². The average Bonchev–Trinajstić information content (AvgIpc) is 2.96. The molecule has 0 aromatic carbocycles. The number of aromatic nitrogens is 2. The highest BCUT2D eigenvalue weighted by molar-refractivity contribution is 5.75. The molecule has 6 nitrogen and oxygen atoms in total. The van der Waals surface area contributed by atoms with Gasteiger partial charge in [0.2, 0.25) is 0 Å². The Balaban J connectivity index is 0.000000200. The molecule has 0 radical (unpaired) electrons. The van der Waals surface area contributed by atoms with E-state index < -0.39 is 0 Å². The van der Waals surface area contributed by atoms with Gasteiger partial charge in [0.15, 0.2) is 5.76 Å². The number of hydrogen-bond acceptors (Lipinski definition) is 6. The number of aryl methyl sites for hydroxylation is 3. The number of ketones is 1. The Kier molecular flexibility index (Phi) is 5.95. The van der Waals surface area contributed by atoms with Crippen molar-refractivity contribution in [2.24, 2.45) is 5.73 Å². The molecule has 0 atom stereocenters. The highest BCUT2D eigenvalue weighted by Gasteiger charge is 2.01. The van der Waals surface area contributed by atoms with Crippen LogP contribution < -0.4 is 5.73 Å². The molecule has 0 aliphatic rings. The molecule has 0 bridgehead atoms. The summed E-state index contributed by atoms with van der Waals surface area (Å²) in [6.07, 6.45) is 1.20. The Hall–Kier alpha value is -1.95. The summed E-state index contributed by atoms with van der Waals surface area (Å²) in [5.74, 6) is 1.71. The first-order valence-electron chi connectivity index (χ1n) is 6.05. The third kappa shape index (κ3) is 5.96. The van der Waals surface area contributed by atoms with E-state index in [0.29, 0.717) is 19.4 Å². The van der Waals surface area contributed by atoms with Gasteiger partial charge in [-0.05, 0) is 20.8 Å². The van der Waals surface area contributed by atoms with E-state index in [1.54, 1.807) is 6.92 Å². The summed E-state index contributed by atoms with van der Waals surface area (Å²) in [4.78, 5) is 10.6. The van der Waals surface area contributed by atoms with Crippen LogP contribution in [-0.2, 0) is 17.8 Å². The van der Waals surface area contributed by atoms with E-state index in [0.717, 1.165) is 22.9 Å². The molecule has 0 spiro atoms. The van der Waals surface area contributed by atoms with E-state index in [9.17, 15) is 4.79 Å². The van der Waals surface area contributed by atoms with Gasteiger partial charge in [-0.25, -0.2) is 0 Å². The van der Waals surface area contributed by atoms with Crippen LogP contribution >= 0.6 is 0 Å². The molecular formula is C13H19N3O3. The second-order valence-electron chi connectivity index (χ2n) is 4.28. The largest absolute Gasteiger partial charge is 0.361 e. The molecule has 6 heteroatoms. The molecule has 2 rings (SSSR count). The molecule has 19 heavy (non-hydrogen) atoms. The smallest absolute Gasteiger partial charge is 0.150 e. The maximum Gasteiger partial charge on any atom is 0.150 e. The molecule has 0 amide bonds. The maximum atomic E-state index is 10.6. The average molecular weight is 265 g/mol. The Morgan fingerprint density at radius 1 is 1.16 bits per heavy atom. The SMILES string of the molecule is CC(=O)CCc1cc(C)no1.Cc1cc(CN)on1. The number of nitrogens with two attached hydrogens (primary N) is 1. The molecule has 2 N–H and O–H groups in total. The van der Waals surface area contributed by atoms with E-state index >= 15 is 0 Å². The normalized spacial score (nSPS) is 9.89. The van der Waals surface area contributed by atoms with Crippen LogP contribution in [0.5, 0.6) is 0 Å². The van der Waals surface area contributed by atoms with Crippen molar-refractivity contribution in [2.75, 3.05) is 0 Å². The van der Waals surface area contributed by atoms with Crippen LogP contribution in [0, 0.1) is 13.8 Å². The lowest BCUT2D eigenvalue weighted by Crippen LogP contribution is -1.92. The van der Waals surface area contributed by atoms with Crippen LogP contribution in [-0.4, -0.2) is 16.1 Å². The van der Waals surface area contributed by atoms with E-state index in [-0.39, 0.29) is 5.78 Å². The van der Waals surface area contributed by atoms with Crippen molar-refractivity contribution in [3.8, 4) is 0 Å². The summed E-state index contributed by atoms with van der Waals surface area (Å²) >= 11 is 0. The minimum absolute atomic E-state index is 0.180. The molecule has 0 aliphatic carbocycles. The van der Waals surface area contributed by atoms with E-state index in [2.05, 4.69) is 10.3 Å². The zero-order chi connectivity index (χ0) is 14.3. The Bertz CT molecular complexity index is 517. The number of rotatable bonds is 4. The Labute approximate surface area is 111 Å². The van der Waals surface area contributed by atoms with Gasteiger partial charge in [-0.3, -0.25) is 0 Å². The Morgan fingerprint density at radius 3 is 2.00 bits per heavy atom. The second kappa shape index (κ2) is 7.48. The van der Waals surface area contributed by atoms with Crippen molar-refractivity contribution < 1.29 is 13.8 Å². The van der Waals surface area contributed by atoms with Gasteiger partial charge in [-0.1, -0.05) is 10.3 Å². The lowest BCUT2D eigenvalue weighted by molar-refractivity contribution is -0.117. The highest BCUT2D eigenvalue weighted by atomic mass is 16.5. The molecule has 2 heterocycles. The molecule has 0 saturated carbocycles. The van der Waals surface area contributed by atoms with Crippen LogP contribution in [0.1, 0.15) is 36.3 Å². The van der Waals surface area contributed by atoms with Gasteiger partial charge in [0.25, 0.3) is 0 Å². The summed E-state index contributed by atoms with van der Waals surface area (Å²) in [7, 11) is 0. The van der Waals surface area contributed by atoms with Crippen molar-refractivity contribution in [2.45, 2.75) is 40.2 Å². The number of nitrogens with zero attached hydrogens (tertiary/aromatic N) is 2. The summed E-state index contributed by atoms with van der Waals surface area (Å²) in [5, 5.41) is 7.34. The van der Waals surface area contributed by atoms with Crippen molar-refractivity contribution in [3.63, 3.8) is 0 Å². The zero-order valence-electron chi connectivity index (χ0n) is 11.5. The highest BCUT2D eigenvalue weighted by Crippen LogP contribution is 2.04. The predicted octanol–water partition coefficient (Wildman–Crippen LogP) is 1.95. The van der Waals surface area contributed by atoms with Crippen molar-refractivity contribution in [1.29, 1.82) is 0 Å². The standard InChI is InChI=1S/C8H11NO2.C5H8N2O/c1-6-5-8(11-9-6)4-3-7(2)10;1-4-2-5(3-6)8-7-4/h5H,3-4H2,1-2H3;2H,3,6H2,1H3. The number of Topliss-reactive ketones (excluding diaryl/α,β-unsaturated/α-hetero) is 1. The summed E-state index contributed by atoms with van der Waals surface area (Å²) in [5.41, 5.74) is 6.97. The quantitative estimate of drug-likeness (QED) is 0.907. The molecule has 104 valence electrons. The van der Waals surface area contributed by atoms with Crippen molar-refractivity contribution >= 4 is 5.78 Å². The first kappa shape index (κ1) is 15.1. The second-order valence-corrected chi connectivity index (χ2v) is 4.28. The van der Waals surface area contributed by atoms with Gasteiger partial charge in [-0.15, -0.1) is 0 Å². The van der Waals surface area contributed by atoms with Crippen LogP contribution in [0.2, 0.25) is 0 Å². The van der Waals surface area contributed by atoms with Gasteiger partial charge >= 0.3 is 0 Å². The molecule has 2 aromatic rings. The third-order valence-electron chi connectivity index (χ3n) is 2.28. The zero-order valence-corrected chi connectivity index (χ0v) is 11.5. The predicted molar refractivity (Wildman–Crippen MR) is 69.4 cm³/mol. The van der Waals surface area contributed by atoms with Gasteiger partial charge in [-0.2, -0.15) is 0 Å². The minimum Gasteiger partial charge on any atom is -0.361 e. The fraction of sp³-hybridized carbons (Fsp3) is 0.462. The third-order valence-corrected chi connectivity index (χ3v) is 2.28. The molecular weight excluding hydrogens is 246 g/mol. The fourth-order valence-electron chi connectivity index (χ4n) is 1.35. The van der Waals surface area contributed by atoms with Gasteiger partial charge in [0.05, 0.1) is 17.9 Å². The van der Waals surface area contributed by atoms with Crippen LogP contribution in [0.15, 0.2) is 21.2 Å². The number of carbonyl (C=O) groups is 1. The first-order chi connectivity index (χ1) is 9.01.